The number of H-pyrrole nitrogens is 1. The highest BCUT2D eigenvalue weighted by molar-refractivity contribution is 9.10. The number of rotatable bonds is 2. The number of benzene rings is 1. The second-order valence-electron chi connectivity index (χ2n) is 3.40. The van der Waals surface area contributed by atoms with Crippen molar-refractivity contribution in [3.05, 3.63) is 45.4 Å². The molecule has 0 aliphatic carbocycles. The Morgan fingerprint density at radius 1 is 1.33 bits per heavy atom. The zero-order valence-corrected chi connectivity index (χ0v) is 12.1. The van der Waals surface area contributed by atoms with E-state index in [4.69, 9.17) is 0 Å². The summed E-state index contributed by atoms with van der Waals surface area (Å²) >= 11 is 6.20. The molecule has 1 N–H and O–H groups in total. The van der Waals surface area contributed by atoms with Gasteiger partial charge in [-0.15, -0.1) is 11.3 Å². The Morgan fingerprint density at radius 3 is 3.00 bits per heavy atom. The average Bonchev–Trinajstić information content (AvgIpc) is 2.77. The highest BCUT2D eigenvalue weighted by atomic mass is 79.9. The molecular formula is C11H6BrN3OS2. The first-order valence-corrected chi connectivity index (χ1v) is 7.43. The molecular weight excluding hydrogens is 334 g/mol. The van der Waals surface area contributed by atoms with Crippen LogP contribution in [0.5, 0.6) is 0 Å². The third kappa shape index (κ3) is 2.21. The molecule has 3 rings (SSSR count). The fourth-order valence-corrected chi connectivity index (χ4v) is 3.84. The molecule has 0 amide bonds. The molecule has 2 heterocycles. The van der Waals surface area contributed by atoms with E-state index in [-0.39, 0.29) is 5.56 Å². The molecule has 0 aliphatic heterocycles. The summed E-state index contributed by atoms with van der Waals surface area (Å²) in [6.45, 7) is 0. The van der Waals surface area contributed by atoms with E-state index >= 15 is 0 Å². The van der Waals surface area contributed by atoms with Gasteiger partial charge in [-0.25, -0.2) is 9.97 Å². The molecule has 0 fully saturated rings. The Bertz CT molecular complexity index is 735. The van der Waals surface area contributed by atoms with Gasteiger partial charge in [0, 0.05) is 0 Å². The zero-order chi connectivity index (χ0) is 12.5. The number of thiazole rings is 1. The van der Waals surface area contributed by atoms with Crippen molar-refractivity contribution in [2.24, 2.45) is 0 Å². The Hall–Kier alpha value is -1.18. The highest BCUT2D eigenvalue weighted by Gasteiger charge is 2.10. The third-order valence-corrected chi connectivity index (χ3v) is 5.32. The topological polar surface area (TPSA) is 58.6 Å². The van der Waals surface area contributed by atoms with Gasteiger partial charge < -0.3 is 4.98 Å². The van der Waals surface area contributed by atoms with Gasteiger partial charge in [-0.1, -0.05) is 12.1 Å². The van der Waals surface area contributed by atoms with Crippen LogP contribution in [0.4, 0.5) is 0 Å². The van der Waals surface area contributed by atoms with Crippen LogP contribution in [0, 0.1) is 0 Å². The maximum absolute atomic E-state index is 11.4. The van der Waals surface area contributed by atoms with Gasteiger partial charge in [0.05, 0.1) is 16.5 Å². The first-order valence-electron chi connectivity index (χ1n) is 5.00. The summed E-state index contributed by atoms with van der Waals surface area (Å²) in [7, 11) is 0. The summed E-state index contributed by atoms with van der Waals surface area (Å²) in [5.74, 6) is 0. The molecule has 2 aromatic heterocycles. The summed E-state index contributed by atoms with van der Waals surface area (Å²) in [4.78, 5) is 22.6. The van der Waals surface area contributed by atoms with Crippen molar-refractivity contribution in [1.29, 1.82) is 0 Å². The second kappa shape index (κ2) is 4.83. The molecule has 0 unspecified atom stereocenters. The van der Waals surface area contributed by atoms with E-state index in [1.807, 2.05) is 24.3 Å². The van der Waals surface area contributed by atoms with Crippen molar-refractivity contribution >= 4 is 49.2 Å². The Labute approximate surface area is 119 Å². The summed E-state index contributed by atoms with van der Waals surface area (Å²) in [5, 5.41) is 0.623. The van der Waals surface area contributed by atoms with Crippen LogP contribution in [-0.4, -0.2) is 15.0 Å². The lowest BCUT2D eigenvalue weighted by atomic mass is 10.3. The van der Waals surface area contributed by atoms with Crippen molar-refractivity contribution in [2.75, 3.05) is 0 Å². The average molecular weight is 340 g/mol. The quantitative estimate of drug-likeness (QED) is 0.728. The molecule has 7 heteroatoms. The molecule has 4 nitrogen and oxygen atoms in total. The minimum Gasteiger partial charge on any atom is -0.312 e. The largest absolute Gasteiger partial charge is 0.312 e. The van der Waals surface area contributed by atoms with Crippen molar-refractivity contribution in [2.45, 2.75) is 9.37 Å². The van der Waals surface area contributed by atoms with Gasteiger partial charge in [0.2, 0.25) is 0 Å². The molecule has 1 aromatic carbocycles. The van der Waals surface area contributed by atoms with Gasteiger partial charge >= 0.3 is 0 Å². The fourth-order valence-electron chi connectivity index (χ4n) is 1.42. The van der Waals surface area contributed by atoms with Crippen LogP contribution in [0.15, 0.2) is 49.2 Å². The van der Waals surface area contributed by atoms with E-state index in [9.17, 15) is 4.79 Å². The number of nitrogens with zero attached hydrogens (tertiary/aromatic N) is 2. The predicted octanol–water partition coefficient (Wildman–Crippen LogP) is 3.29. The maximum Gasteiger partial charge on any atom is 0.266 e. The normalized spacial score (nSPS) is 10.9. The zero-order valence-electron chi connectivity index (χ0n) is 8.88. The van der Waals surface area contributed by atoms with Gasteiger partial charge in [-0.3, -0.25) is 4.79 Å². The molecule has 18 heavy (non-hydrogen) atoms. The molecule has 0 aliphatic rings. The second-order valence-corrected chi connectivity index (χ2v) is 6.46. The molecule has 90 valence electrons. The van der Waals surface area contributed by atoms with Crippen molar-refractivity contribution in [3.63, 3.8) is 0 Å². The van der Waals surface area contributed by atoms with E-state index in [0.717, 1.165) is 14.6 Å². The Kier molecular flexibility index (Phi) is 3.19. The van der Waals surface area contributed by atoms with Gasteiger partial charge in [0.1, 0.15) is 9.50 Å². The van der Waals surface area contributed by atoms with Crippen LogP contribution in [0.25, 0.3) is 10.2 Å². The third-order valence-electron chi connectivity index (χ3n) is 2.22. The fraction of sp³-hybridized carbons (Fsp3) is 0. The van der Waals surface area contributed by atoms with Crippen LogP contribution in [0.3, 0.4) is 0 Å². The molecule has 0 spiro atoms. The number of aromatic nitrogens is 3. The summed E-state index contributed by atoms with van der Waals surface area (Å²) in [6, 6.07) is 7.93. The standard InChI is InChI=1S/C11H6BrN3OS2/c12-8-9(16)13-5-14-10(8)18-11-15-6-3-1-2-4-7(6)17-11/h1-5H,(H,13,14,16). The lowest BCUT2D eigenvalue weighted by Gasteiger charge is -1.97. The van der Waals surface area contributed by atoms with E-state index in [2.05, 4.69) is 30.9 Å². The molecule has 3 aromatic rings. The molecule has 0 saturated heterocycles. The van der Waals surface area contributed by atoms with Crippen LogP contribution in [0.2, 0.25) is 0 Å². The number of para-hydroxylation sites is 1. The minimum atomic E-state index is -0.186. The van der Waals surface area contributed by atoms with Crippen molar-refractivity contribution < 1.29 is 0 Å². The minimum absolute atomic E-state index is 0.186. The Balaban J connectivity index is 2.01. The first kappa shape index (κ1) is 11.9. The molecule has 0 bridgehead atoms. The number of fused-ring (bicyclic) bond motifs is 1. The highest BCUT2D eigenvalue weighted by Crippen LogP contribution is 2.35. The summed E-state index contributed by atoms with van der Waals surface area (Å²) < 4.78 is 2.44. The number of aromatic amines is 1. The van der Waals surface area contributed by atoms with Crippen LogP contribution in [0.1, 0.15) is 0 Å². The van der Waals surface area contributed by atoms with Crippen LogP contribution < -0.4 is 5.56 Å². The molecule has 0 atom stereocenters. The molecule has 0 radical (unpaired) electrons. The van der Waals surface area contributed by atoms with Crippen LogP contribution >= 0.6 is 39.0 Å². The molecule has 0 saturated carbocycles. The SMILES string of the molecule is O=c1[nH]cnc(Sc2nc3ccccc3s2)c1Br. The number of hydrogen-bond donors (Lipinski definition) is 1. The number of halogens is 1. The summed E-state index contributed by atoms with van der Waals surface area (Å²) in [6.07, 6.45) is 1.39. The van der Waals surface area contributed by atoms with E-state index in [1.165, 1.54) is 18.1 Å². The van der Waals surface area contributed by atoms with E-state index in [0.29, 0.717) is 9.50 Å². The smallest absolute Gasteiger partial charge is 0.266 e. The van der Waals surface area contributed by atoms with Crippen molar-refractivity contribution in [3.8, 4) is 0 Å². The Morgan fingerprint density at radius 2 is 2.17 bits per heavy atom. The van der Waals surface area contributed by atoms with Gasteiger partial charge in [0.25, 0.3) is 5.56 Å². The summed E-state index contributed by atoms with van der Waals surface area (Å²) in [5.41, 5.74) is 0.777. The monoisotopic (exact) mass is 339 g/mol. The number of nitrogens with one attached hydrogen (secondary N) is 1. The predicted molar refractivity (Wildman–Crippen MR) is 76.3 cm³/mol. The van der Waals surface area contributed by atoms with Gasteiger partial charge in [-0.05, 0) is 39.8 Å². The van der Waals surface area contributed by atoms with Gasteiger partial charge in [-0.2, -0.15) is 0 Å². The van der Waals surface area contributed by atoms with Crippen LogP contribution in [-0.2, 0) is 0 Å². The lowest BCUT2D eigenvalue weighted by molar-refractivity contribution is 0.989. The van der Waals surface area contributed by atoms with E-state index < -0.39 is 0 Å². The lowest BCUT2D eigenvalue weighted by Crippen LogP contribution is -2.07. The number of hydrogen-bond acceptors (Lipinski definition) is 5. The van der Waals surface area contributed by atoms with Gasteiger partial charge in [0.15, 0.2) is 4.34 Å². The van der Waals surface area contributed by atoms with E-state index in [1.54, 1.807) is 11.3 Å². The van der Waals surface area contributed by atoms with Crippen molar-refractivity contribution in [1.82, 2.24) is 15.0 Å². The first-order chi connectivity index (χ1) is 8.74. The maximum atomic E-state index is 11.4.